The van der Waals surface area contributed by atoms with Crippen LogP contribution in [0.3, 0.4) is 0 Å². The zero-order valence-corrected chi connectivity index (χ0v) is 46.7. The maximum atomic E-state index is 13.3. The topological polar surface area (TPSA) is 360 Å². The van der Waals surface area contributed by atoms with Gasteiger partial charge < -0.3 is 108 Å². The van der Waals surface area contributed by atoms with Crippen molar-refractivity contribution in [3.63, 3.8) is 0 Å². The summed E-state index contributed by atoms with van der Waals surface area (Å²) in [6, 6.07) is 3.20. The molecule has 0 bridgehead atoms. The Hall–Kier alpha value is -2.71. The van der Waals surface area contributed by atoms with E-state index in [4.69, 9.17) is 56.8 Å². The van der Waals surface area contributed by atoms with Gasteiger partial charge in [0.05, 0.1) is 54.2 Å². The number of ether oxygens (including phenoxy) is 12. The Bertz CT molecular complexity index is 2260. The van der Waals surface area contributed by atoms with E-state index in [-0.39, 0.29) is 54.1 Å². The van der Waals surface area contributed by atoms with Crippen LogP contribution in [0, 0.1) is 28.6 Å². The van der Waals surface area contributed by atoms with Gasteiger partial charge in [-0.3, -0.25) is 9.78 Å². The zero-order chi connectivity index (χ0) is 58.0. The van der Waals surface area contributed by atoms with Gasteiger partial charge in [-0.15, -0.1) is 0 Å². The molecule has 10 N–H and O–H groups in total. The van der Waals surface area contributed by atoms with Gasteiger partial charge in [-0.2, -0.15) is 0 Å². The number of hydrogen-bond donors (Lipinski definition) is 10. The van der Waals surface area contributed by atoms with Crippen LogP contribution in [-0.2, 0) is 61.6 Å². The molecule has 80 heavy (non-hydrogen) atoms. The quantitative estimate of drug-likeness (QED) is 0.0709. The van der Waals surface area contributed by atoms with Gasteiger partial charge >= 0.3 is 11.9 Å². The number of pyridine rings is 1. The van der Waals surface area contributed by atoms with E-state index < -0.39 is 171 Å². The molecule has 9 rings (SSSR count). The van der Waals surface area contributed by atoms with Crippen molar-refractivity contribution in [1.29, 1.82) is 0 Å². The van der Waals surface area contributed by atoms with Gasteiger partial charge in [0.2, 0.25) is 0 Å². The van der Waals surface area contributed by atoms with Gasteiger partial charge in [0.15, 0.2) is 25.2 Å². The number of carbonyl (C=O) groups is 2. The van der Waals surface area contributed by atoms with Crippen molar-refractivity contribution in [3.8, 4) is 0 Å². The summed E-state index contributed by atoms with van der Waals surface area (Å²) in [5.74, 6) is -1.30. The SMILES string of the molecule is CO[C@@H]1[C@@H](O)[C@H](O[C@@H]2[C@@H](C)O[C@@H](O[C@H]3CC[C@@]4(C)[C@@H](CC[C@@H]5[C@@H]4C[C@@H](OC(C)=O)[C@]4(C)[C@](O)(C(C)OC(=O)c6cccnc6)CC[C@]54O)C3)C[C@H]2OC)O[C@H](C)[C@H]1O[C@@H]1O[C@H](CO[C@@H]2O[C@H](CO)[C@@H](O)[C@H](O)[C@H]2O)[C@@H](O)[C@H](O)[C@H]1O. The third kappa shape index (κ3) is 11.0. The highest BCUT2D eigenvalue weighted by Gasteiger charge is 2.77. The summed E-state index contributed by atoms with van der Waals surface area (Å²) in [5.41, 5.74) is -4.60. The van der Waals surface area contributed by atoms with Crippen molar-refractivity contribution >= 4 is 11.9 Å². The predicted molar refractivity (Wildman–Crippen MR) is 270 cm³/mol. The van der Waals surface area contributed by atoms with Crippen LogP contribution in [-0.4, -0.2) is 242 Å². The Morgan fingerprint density at radius 3 is 2.05 bits per heavy atom. The van der Waals surface area contributed by atoms with E-state index in [0.717, 1.165) is 12.8 Å². The van der Waals surface area contributed by atoms with E-state index in [1.807, 2.05) is 0 Å². The molecule has 8 aliphatic rings. The molecular weight excluding hydrogens is 1060 g/mol. The van der Waals surface area contributed by atoms with Crippen LogP contribution in [0.2, 0.25) is 0 Å². The molecule has 4 aliphatic carbocycles. The molecule has 0 aromatic carbocycles. The molecule has 29 atom stereocenters. The van der Waals surface area contributed by atoms with Gasteiger partial charge in [-0.1, -0.05) is 13.8 Å². The smallest absolute Gasteiger partial charge is 0.340 e. The molecule has 0 spiro atoms. The Morgan fingerprint density at radius 2 is 1.39 bits per heavy atom. The van der Waals surface area contributed by atoms with E-state index in [9.17, 15) is 60.7 Å². The van der Waals surface area contributed by atoms with Crippen molar-refractivity contribution < 1.29 is 117 Å². The molecule has 25 nitrogen and oxygen atoms in total. The van der Waals surface area contributed by atoms with E-state index in [1.54, 1.807) is 53.1 Å². The van der Waals surface area contributed by atoms with E-state index in [1.165, 1.54) is 20.2 Å². The zero-order valence-electron chi connectivity index (χ0n) is 46.7. The Kier molecular flexibility index (Phi) is 18.8. The van der Waals surface area contributed by atoms with Gasteiger partial charge in [0, 0.05) is 40.0 Å². The lowest BCUT2D eigenvalue weighted by molar-refractivity contribution is -0.374. The number of carbonyl (C=O) groups excluding carboxylic acids is 2. The van der Waals surface area contributed by atoms with Crippen molar-refractivity contribution in [3.05, 3.63) is 30.1 Å². The normalized spacial score (nSPS) is 49.9. The first-order valence-electron chi connectivity index (χ1n) is 28.2. The average molecular weight is 1140 g/mol. The number of aliphatic hydroxyl groups is 10. The highest BCUT2D eigenvalue weighted by molar-refractivity contribution is 5.89. The van der Waals surface area contributed by atoms with Gasteiger partial charge in [0.25, 0.3) is 0 Å². The molecule has 1 unspecified atom stereocenters. The van der Waals surface area contributed by atoms with Crippen molar-refractivity contribution in [2.75, 3.05) is 27.4 Å². The molecule has 0 radical (unpaired) electrons. The molecule has 4 saturated heterocycles. The fourth-order valence-electron chi connectivity index (χ4n) is 15.3. The van der Waals surface area contributed by atoms with Crippen LogP contribution in [0.1, 0.15) is 110 Å². The standard InChI is InChI=1S/C55H85NO24/c1-24-45(79-51-44(65)47(70-8)46(25(2)73-51)80-50-43(64)41(62)39(60)35(78-50)23-71-49-42(63)40(61)38(59)34(22-57)77-49)33(69-7)20-37(72-24)76-30-13-14-52(5)29(18-30)11-12-31-32(52)19-36(75-27(4)58)53(6)54(67,15-16-55(31,53)68)26(3)74-48(66)28-10-9-17-56-21-28/h9-10,17,21,24-26,29-47,49-51,57,59-65,67-68H,11-16,18-20,22-23H2,1-8H3/t24-,25-,26?,29+,30+,31-,32+,33-,34-,35-,36-,37+,38-,39-,40+,41+,42-,43-,44-,45-,46-,47-,49-,50+,51+,52+,53-,54-,55+/m1/s1. The summed E-state index contributed by atoms with van der Waals surface area (Å²) in [4.78, 5) is 30.1. The lowest BCUT2D eigenvalue weighted by Crippen LogP contribution is -2.72. The van der Waals surface area contributed by atoms with Gasteiger partial charge in [-0.05, 0) is 107 Å². The molecule has 4 saturated carbocycles. The largest absolute Gasteiger partial charge is 0.462 e. The number of aromatic nitrogens is 1. The molecule has 4 aliphatic heterocycles. The van der Waals surface area contributed by atoms with Crippen molar-refractivity contribution in [2.45, 2.75) is 246 Å². The van der Waals surface area contributed by atoms with Crippen LogP contribution in [0.4, 0.5) is 0 Å². The lowest BCUT2D eigenvalue weighted by atomic mass is 9.42. The molecule has 5 heterocycles. The minimum atomic E-state index is -1.83. The lowest BCUT2D eigenvalue weighted by Gasteiger charge is -2.66. The summed E-state index contributed by atoms with van der Waals surface area (Å²) in [6.45, 7) is 9.15. The third-order valence-corrected chi connectivity index (χ3v) is 20.0. The van der Waals surface area contributed by atoms with E-state index >= 15 is 0 Å². The average Bonchev–Trinajstić information content (AvgIpc) is 2.94. The number of rotatable bonds is 16. The van der Waals surface area contributed by atoms with Crippen molar-refractivity contribution in [2.24, 2.45) is 28.6 Å². The monoisotopic (exact) mass is 1140 g/mol. The second kappa shape index (κ2) is 24.3. The van der Waals surface area contributed by atoms with Crippen LogP contribution in [0.25, 0.3) is 0 Å². The van der Waals surface area contributed by atoms with Crippen LogP contribution in [0.15, 0.2) is 24.5 Å². The minimum absolute atomic E-state index is 0.0657. The maximum absolute atomic E-state index is 13.3. The van der Waals surface area contributed by atoms with Gasteiger partial charge in [0.1, 0.15) is 91.1 Å². The molecule has 1 aromatic rings. The number of hydrogen-bond acceptors (Lipinski definition) is 25. The number of esters is 2. The molecular formula is C55H85NO24. The number of aliphatic hydroxyl groups excluding tert-OH is 8. The molecule has 454 valence electrons. The first-order chi connectivity index (χ1) is 37.8. The van der Waals surface area contributed by atoms with Crippen LogP contribution in [0.5, 0.6) is 0 Å². The van der Waals surface area contributed by atoms with Crippen molar-refractivity contribution in [1.82, 2.24) is 4.98 Å². The molecule has 0 amide bonds. The Balaban J connectivity index is 0.802. The summed E-state index contributed by atoms with van der Waals surface area (Å²) >= 11 is 0. The summed E-state index contributed by atoms with van der Waals surface area (Å²) < 4.78 is 72.5. The number of fused-ring (bicyclic) bond motifs is 5. The van der Waals surface area contributed by atoms with Gasteiger partial charge in [-0.25, -0.2) is 4.79 Å². The fourth-order valence-corrected chi connectivity index (χ4v) is 15.3. The Labute approximate surface area is 464 Å². The minimum Gasteiger partial charge on any atom is -0.462 e. The van der Waals surface area contributed by atoms with E-state index in [0.29, 0.717) is 25.7 Å². The second-order valence-electron chi connectivity index (χ2n) is 24.1. The van der Waals surface area contributed by atoms with E-state index in [2.05, 4.69) is 11.9 Å². The molecule has 25 heteroatoms. The number of methoxy groups -OCH3 is 2. The summed E-state index contributed by atoms with van der Waals surface area (Å²) in [7, 11) is 2.87. The Morgan fingerprint density at radius 1 is 0.725 bits per heavy atom. The third-order valence-electron chi connectivity index (χ3n) is 20.0. The first kappa shape index (κ1) is 61.8. The summed E-state index contributed by atoms with van der Waals surface area (Å²) in [6.07, 6.45) is -19.6. The highest BCUT2D eigenvalue weighted by atomic mass is 16.8. The predicted octanol–water partition coefficient (Wildman–Crippen LogP) is -0.892. The van der Waals surface area contributed by atoms with Crippen LogP contribution >= 0.6 is 0 Å². The molecule has 1 aromatic heterocycles. The summed E-state index contributed by atoms with van der Waals surface area (Å²) in [5, 5.41) is 111. The van der Waals surface area contributed by atoms with Crippen LogP contribution < -0.4 is 0 Å². The maximum Gasteiger partial charge on any atom is 0.340 e. The molecule has 8 fully saturated rings. The highest BCUT2D eigenvalue weighted by Crippen LogP contribution is 2.71. The number of nitrogens with zero attached hydrogens (tertiary/aromatic N) is 1. The first-order valence-corrected chi connectivity index (χ1v) is 28.2. The fraction of sp³-hybridized carbons (Fsp3) is 0.873. The second-order valence-corrected chi connectivity index (χ2v) is 24.1.